The maximum Gasteiger partial charge on any atom is 0.411 e. The number of benzene rings is 2. The Labute approximate surface area is 206 Å². The molecule has 1 fully saturated rings. The van der Waals surface area contributed by atoms with Crippen molar-refractivity contribution in [1.82, 2.24) is 4.98 Å². The number of pyridine rings is 1. The van der Waals surface area contributed by atoms with Gasteiger partial charge in [-0.25, -0.2) is 4.79 Å². The van der Waals surface area contributed by atoms with Crippen molar-refractivity contribution in [1.29, 1.82) is 0 Å². The Hall–Kier alpha value is -3.48. The van der Waals surface area contributed by atoms with Crippen LogP contribution in [0.4, 0.5) is 10.5 Å². The lowest BCUT2D eigenvalue weighted by Gasteiger charge is -2.17. The van der Waals surface area contributed by atoms with Crippen molar-refractivity contribution in [2.45, 2.75) is 52.4 Å². The fourth-order valence-electron chi connectivity index (χ4n) is 4.57. The van der Waals surface area contributed by atoms with E-state index in [1.165, 1.54) is 25.7 Å². The van der Waals surface area contributed by atoms with Gasteiger partial charge in [-0.1, -0.05) is 25.7 Å². The molecule has 3 aromatic rings. The third kappa shape index (κ3) is 5.78. The SMILES string of the molecule is COc1cc2nccc(Oc3ccc(NC(=O)OCC4CCCCCC4)c(C)c3C)c2cc1OC. The number of anilines is 1. The molecule has 35 heavy (non-hydrogen) atoms. The van der Waals surface area contributed by atoms with Gasteiger partial charge in [0.05, 0.1) is 26.3 Å². The second-order valence-electron chi connectivity index (χ2n) is 9.08. The highest BCUT2D eigenvalue weighted by Gasteiger charge is 2.17. The van der Waals surface area contributed by atoms with Crippen LogP contribution in [0.1, 0.15) is 49.7 Å². The first-order valence-corrected chi connectivity index (χ1v) is 12.2. The number of methoxy groups -OCH3 is 2. The maximum atomic E-state index is 12.4. The first-order valence-electron chi connectivity index (χ1n) is 12.2. The highest BCUT2D eigenvalue weighted by atomic mass is 16.5. The van der Waals surface area contributed by atoms with Gasteiger partial charge in [0.1, 0.15) is 11.5 Å². The van der Waals surface area contributed by atoms with Gasteiger partial charge in [-0.2, -0.15) is 0 Å². The van der Waals surface area contributed by atoms with Gasteiger partial charge in [0.25, 0.3) is 0 Å². The minimum atomic E-state index is -0.411. The third-order valence-electron chi connectivity index (χ3n) is 6.83. The van der Waals surface area contributed by atoms with E-state index in [-0.39, 0.29) is 0 Å². The van der Waals surface area contributed by atoms with Gasteiger partial charge in [0.15, 0.2) is 11.5 Å². The number of hydrogen-bond donors (Lipinski definition) is 1. The molecule has 0 aliphatic heterocycles. The largest absolute Gasteiger partial charge is 0.493 e. The lowest BCUT2D eigenvalue weighted by atomic mass is 10.0. The predicted molar refractivity (Wildman–Crippen MR) is 137 cm³/mol. The Morgan fingerprint density at radius 2 is 1.63 bits per heavy atom. The number of nitrogens with zero attached hydrogens (tertiary/aromatic N) is 1. The summed E-state index contributed by atoms with van der Waals surface area (Å²) in [4.78, 5) is 16.9. The Kier molecular flexibility index (Phi) is 7.95. The van der Waals surface area contributed by atoms with Crippen LogP contribution in [-0.2, 0) is 4.74 Å². The van der Waals surface area contributed by atoms with Gasteiger partial charge in [0.2, 0.25) is 0 Å². The number of carbonyl (C=O) groups excluding carboxylic acids is 1. The van der Waals surface area contributed by atoms with E-state index in [0.29, 0.717) is 41.2 Å². The zero-order valence-electron chi connectivity index (χ0n) is 21.0. The number of ether oxygens (including phenoxy) is 4. The van der Waals surface area contributed by atoms with Gasteiger partial charge in [-0.3, -0.25) is 10.3 Å². The smallest absolute Gasteiger partial charge is 0.411 e. The number of fused-ring (bicyclic) bond motifs is 1. The first-order chi connectivity index (χ1) is 17.0. The van der Waals surface area contributed by atoms with Gasteiger partial charge in [-0.15, -0.1) is 0 Å². The second kappa shape index (κ2) is 11.3. The molecule has 1 saturated carbocycles. The van der Waals surface area contributed by atoms with Crippen molar-refractivity contribution in [3.05, 3.63) is 47.7 Å². The summed E-state index contributed by atoms with van der Waals surface area (Å²) in [7, 11) is 3.19. The number of carbonyl (C=O) groups is 1. The normalized spacial score (nSPS) is 14.3. The summed E-state index contributed by atoms with van der Waals surface area (Å²) >= 11 is 0. The van der Waals surface area contributed by atoms with E-state index < -0.39 is 6.09 Å². The molecular formula is C28H34N2O5. The molecule has 1 aromatic heterocycles. The number of hydrogen-bond acceptors (Lipinski definition) is 6. The van der Waals surface area contributed by atoms with E-state index in [1.54, 1.807) is 20.4 Å². The van der Waals surface area contributed by atoms with Crippen molar-refractivity contribution in [2.75, 3.05) is 26.1 Å². The van der Waals surface area contributed by atoms with E-state index in [0.717, 1.165) is 34.9 Å². The summed E-state index contributed by atoms with van der Waals surface area (Å²) in [5.41, 5.74) is 3.31. The average Bonchev–Trinajstić information content (AvgIpc) is 3.15. The van der Waals surface area contributed by atoms with Crippen LogP contribution in [0, 0.1) is 19.8 Å². The van der Waals surface area contributed by atoms with Crippen LogP contribution in [-0.4, -0.2) is 31.9 Å². The summed E-state index contributed by atoms with van der Waals surface area (Å²) < 4.78 is 22.7. The lowest BCUT2D eigenvalue weighted by molar-refractivity contribution is 0.136. The molecule has 1 aliphatic rings. The van der Waals surface area contributed by atoms with Crippen LogP contribution >= 0.6 is 0 Å². The molecule has 4 rings (SSSR count). The quantitative estimate of drug-likeness (QED) is 0.362. The zero-order chi connectivity index (χ0) is 24.8. The summed E-state index contributed by atoms with van der Waals surface area (Å²) in [6, 6.07) is 9.21. The molecule has 2 aromatic carbocycles. The molecule has 0 bridgehead atoms. The molecule has 0 saturated heterocycles. The van der Waals surface area contributed by atoms with Gasteiger partial charge >= 0.3 is 6.09 Å². The van der Waals surface area contributed by atoms with E-state index in [4.69, 9.17) is 18.9 Å². The lowest BCUT2D eigenvalue weighted by Crippen LogP contribution is -2.19. The van der Waals surface area contributed by atoms with Crippen molar-refractivity contribution in [3.8, 4) is 23.0 Å². The molecule has 1 N–H and O–H groups in total. The van der Waals surface area contributed by atoms with E-state index in [2.05, 4.69) is 10.3 Å². The first kappa shape index (κ1) is 24.6. The van der Waals surface area contributed by atoms with Crippen molar-refractivity contribution < 1.29 is 23.7 Å². The maximum absolute atomic E-state index is 12.4. The minimum Gasteiger partial charge on any atom is -0.493 e. The van der Waals surface area contributed by atoms with E-state index in [1.807, 2.05) is 44.2 Å². The highest BCUT2D eigenvalue weighted by molar-refractivity contribution is 5.89. The van der Waals surface area contributed by atoms with Gasteiger partial charge in [-0.05, 0) is 68.0 Å². The summed E-state index contributed by atoms with van der Waals surface area (Å²) in [5, 5.41) is 3.71. The molecular weight excluding hydrogens is 444 g/mol. The third-order valence-corrected chi connectivity index (χ3v) is 6.83. The molecule has 0 atom stereocenters. The summed E-state index contributed by atoms with van der Waals surface area (Å²) in [6.45, 7) is 4.41. The number of aromatic nitrogens is 1. The molecule has 0 radical (unpaired) electrons. The number of amides is 1. The number of rotatable bonds is 7. The number of nitrogens with one attached hydrogen (secondary N) is 1. The fourth-order valence-corrected chi connectivity index (χ4v) is 4.57. The monoisotopic (exact) mass is 478 g/mol. The Morgan fingerprint density at radius 1 is 0.914 bits per heavy atom. The van der Waals surface area contributed by atoms with Crippen LogP contribution < -0.4 is 19.5 Å². The molecule has 1 aliphatic carbocycles. The van der Waals surface area contributed by atoms with Gasteiger partial charge < -0.3 is 18.9 Å². The predicted octanol–water partition coefficient (Wildman–Crippen LogP) is 7.18. The second-order valence-corrected chi connectivity index (χ2v) is 9.08. The molecule has 1 amide bonds. The Bertz CT molecular complexity index is 1190. The Balaban J connectivity index is 1.48. The Morgan fingerprint density at radius 3 is 2.34 bits per heavy atom. The fraction of sp³-hybridized carbons (Fsp3) is 0.429. The van der Waals surface area contributed by atoms with Crippen LogP contribution in [0.5, 0.6) is 23.0 Å². The molecule has 0 unspecified atom stereocenters. The molecule has 7 nitrogen and oxygen atoms in total. The van der Waals surface area contributed by atoms with Crippen molar-refractivity contribution >= 4 is 22.7 Å². The summed E-state index contributed by atoms with van der Waals surface area (Å²) in [5.74, 6) is 3.03. The highest BCUT2D eigenvalue weighted by Crippen LogP contribution is 2.38. The molecule has 1 heterocycles. The van der Waals surface area contributed by atoms with E-state index in [9.17, 15) is 4.79 Å². The van der Waals surface area contributed by atoms with E-state index >= 15 is 0 Å². The van der Waals surface area contributed by atoms with Gasteiger partial charge in [0, 0.05) is 23.3 Å². The zero-order valence-corrected chi connectivity index (χ0v) is 21.0. The topological polar surface area (TPSA) is 78.9 Å². The standard InChI is InChI=1S/C28H34N2O5/c1-18-19(2)24(12-11-22(18)30-28(31)34-17-20-9-7-5-6-8-10-20)35-25-13-14-29-23-16-27(33-4)26(32-3)15-21(23)25/h11-16,20H,5-10,17H2,1-4H3,(H,30,31). The van der Waals surface area contributed by atoms with Crippen LogP contribution in [0.3, 0.4) is 0 Å². The van der Waals surface area contributed by atoms with Crippen LogP contribution in [0.2, 0.25) is 0 Å². The molecule has 186 valence electrons. The molecule has 0 spiro atoms. The van der Waals surface area contributed by atoms with Crippen molar-refractivity contribution in [3.63, 3.8) is 0 Å². The minimum absolute atomic E-state index is 0.411. The van der Waals surface area contributed by atoms with Crippen molar-refractivity contribution in [2.24, 2.45) is 5.92 Å². The van der Waals surface area contributed by atoms with Crippen LogP contribution in [0.25, 0.3) is 10.9 Å². The van der Waals surface area contributed by atoms with Crippen LogP contribution in [0.15, 0.2) is 36.5 Å². The average molecular weight is 479 g/mol. The molecule has 7 heteroatoms. The summed E-state index contributed by atoms with van der Waals surface area (Å²) in [6.07, 6.45) is 8.59.